The van der Waals surface area contributed by atoms with Crippen molar-refractivity contribution in [3.8, 4) is 0 Å². The number of benzene rings is 1. The largest absolute Gasteiger partial charge is 0.347 e. The van der Waals surface area contributed by atoms with E-state index in [2.05, 4.69) is 24.4 Å². The number of hydrogen-bond acceptors (Lipinski definition) is 3. The van der Waals surface area contributed by atoms with Gasteiger partial charge < -0.3 is 5.32 Å². The molecular weight excluding hydrogens is 298 g/mol. The Bertz CT molecular complexity index is 672. The summed E-state index contributed by atoms with van der Waals surface area (Å²) in [6.45, 7) is 6.01. The average molecular weight is 321 g/mol. The van der Waals surface area contributed by atoms with Crippen LogP contribution in [0.1, 0.15) is 38.3 Å². The first-order valence-electron chi connectivity index (χ1n) is 7.53. The van der Waals surface area contributed by atoms with E-state index in [-0.39, 0.29) is 24.0 Å². The van der Waals surface area contributed by atoms with Crippen LogP contribution in [0.2, 0.25) is 0 Å². The standard InChI is InChI=1S/C17H23NO3S/c1-4-13-5-7-15(8-6-13)17(2,3)18-16(19)11-14-9-10-22(20,21)12-14/h5-10,14H,4,11-12H2,1-3H3,(H,18,19). The Balaban J connectivity index is 1.98. The van der Waals surface area contributed by atoms with E-state index in [1.165, 1.54) is 11.0 Å². The van der Waals surface area contributed by atoms with Gasteiger partial charge in [-0.3, -0.25) is 4.79 Å². The van der Waals surface area contributed by atoms with E-state index in [1.807, 2.05) is 26.0 Å². The predicted molar refractivity (Wildman–Crippen MR) is 88.0 cm³/mol. The minimum absolute atomic E-state index is 0.0338. The summed E-state index contributed by atoms with van der Waals surface area (Å²) in [6, 6.07) is 8.18. The fraction of sp³-hybridized carbons (Fsp3) is 0.471. The van der Waals surface area contributed by atoms with Crippen LogP contribution in [0, 0.1) is 5.92 Å². The number of amides is 1. The van der Waals surface area contributed by atoms with Crippen LogP contribution < -0.4 is 5.32 Å². The molecule has 120 valence electrons. The third-order valence-corrected chi connectivity index (χ3v) is 5.45. The minimum atomic E-state index is -3.11. The molecule has 0 saturated carbocycles. The molecule has 0 bridgehead atoms. The second-order valence-corrected chi connectivity index (χ2v) is 8.28. The van der Waals surface area contributed by atoms with Crippen LogP contribution in [0.15, 0.2) is 35.7 Å². The Morgan fingerprint density at radius 2 is 1.91 bits per heavy atom. The van der Waals surface area contributed by atoms with Crippen molar-refractivity contribution in [3.63, 3.8) is 0 Å². The first-order chi connectivity index (χ1) is 10.2. The Morgan fingerprint density at radius 3 is 2.41 bits per heavy atom. The Labute approximate surface area is 132 Å². The van der Waals surface area contributed by atoms with Gasteiger partial charge in [-0.25, -0.2) is 8.42 Å². The number of carbonyl (C=O) groups is 1. The molecule has 1 atom stereocenters. The van der Waals surface area contributed by atoms with Crippen molar-refractivity contribution < 1.29 is 13.2 Å². The fourth-order valence-corrected chi connectivity index (χ4v) is 4.03. The molecule has 2 rings (SSSR count). The highest BCUT2D eigenvalue weighted by atomic mass is 32.2. The molecule has 0 radical (unpaired) electrons. The third kappa shape index (κ3) is 4.19. The number of carbonyl (C=O) groups excluding carboxylic acids is 1. The summed E-state index contributed by atoms with van der Waals surface area (Å²) in [6.07, 6.45) is 2.79. The van der Waals surface area contributed by atoms with Crippen LogP contribution in [0.3, 0.4) is 0 Å². The summed E-state index contributed by atoms with van der Waals surface area (Å²) in [5.74, 6) is -0.314. The fourth-order valence-electron chi connectivity index (χ4n) is 2.63. The van der Waals surface area contributed by atoms with Gasteiger partial charge in [0.1, 0.15) is 0 Å². The molecule has 0 fully saturated rings. The van der Waals surface area contributed by atoms with Gasteiger partial charge in [0.15, 0.2) is 9.84 Å². The summed E-state index contributed by atoms with van der Waals surface area (Å²) >= 11 is 0. The van der Waals surface area contributed by atoms with Gasteiger partial charge in [0, 0.05) is 17.7 Å². The monoisotopic (exact) mass is 321 g/mol. The molecule has 1 aromatic rings. The van der Waals surface area contributed by atoms with Crippen LogP contribution >= 0.6 is 0 Å². The molecule has 5 heteroatoms. The van der Waals surface area contributed by atoms with Crippen LogP contribution in [0.25, 0.3) is 0 Å². The number of rotatable bonds is 5. The predicted octanol–water partition coefficient (Wildman–Crippen LogP) is 2.55. The maximum atomic E-state index is 12.2. The van der Waals surface area contributed by atoms with E-state index in [0.717, 1.165) is 12.0 Å². The van der Waals surface area contributed by atoms with Gasteiger partial charge >= 0.3 is 0 Å². The number of hydrogen-bond donors (Lipinski definition) is 1. The average Bonchev–Trinajstić information content (AvgIpc) is 2.77. The smallest absolute Gasteiger partial charge is 0.221 e. The van der Waals surface area contributed by atoms with Crippen LogP contribution in [-0.2, 0) is 26.6 Å². The van der Waals surface area contributed by atoms with E-state index in [4.69, 9.17) is 0 Å². The lowest BCUT2D eigenvalue weighted by atomic mass is 9.92. The highest BCUT2D eigenvalue weighted by molar-refractivity contribution is 7.94. The second kappa shape index (κ2) is 6.24. The second-order valence-electron chi connectivity index (χ2n) is 6.35. The van der Waals surface area contributed by atoms with Crippen molar-refractivity contribution in [2.45, 2.75) is 39.2 Å². The van der Waals surface area contributed by atoms with Crippen molar-refractivity contribution in [2.75, 3.05) is 5.75 Å². The zero-order valence-electron chi connectivity index (χ0n) is 13.3. The van der Waals surface area contributed by atoms with Gasteiger partial charge in [0.25, 0.3) is 0 Å². The summed E-state index contributed by atoms with van der Waals surface area (Å²) in [4.78, 5) is 12.2. The number of sulfone groups is 1. The summed E-state index contributed by atoms with van der Waals surface area (Å²) in [5.41, 5.74) is 1.81. The zero-order chi connectivity index (χ0) is 16.4. The molecule has 0 spiro atoms. The van der Waals surface area contributed by atoms with Crippen LogP contribution in [0.5, 0.6) is 0 Å². The third-order valence-electron chi connectivity index (χ3n) is 3.99. The molecule has 0 aromatic heterocycles. The van der Waals surface area contributed by atoms with Crippen LogP contribution in [0.4, 0.5) is 0 Å². The first-order valence-corrected chi connectivity index (χ1v) is 9.25. The lowest BCUT2D eigenvalue weighted by molar-refractivity contribution is -0.123. The first kappa shape index (κ1) is 16.7. The van der Waals surface area contributed by atoms with E-state index in [9.17, 15) is 13.2 Å². The van der Waals surface area contributed by atoms with Crippen molar-refractivity contribution in [1.82, 2.24) is 5.32 Å². The molecule has 1 aromatic carbocycles. The Hall–Kier alpha value is -1.62. The molecule has 1 aliphatic heterocycles. The SMILES string of the molecule is CCc1ccc(C(C)(C)NC(=O)CC2C=CS(=O)(=O)C2)cc1. The topological polar surface area (TPSA) is 63.2 Å². The van der Waals surface area contributed by atoms with E-state index in [1.54, 1.807) is 6.08 Å². The maximum absolute atomic E-state index is 12.2. The minimum Gasteiger partial charge on any atom is -0.347 e. The molecular formula is C17H23NO3S. The molecule has 1 N–H and O–H groups in total. The van der Waals surface area contributed by atoms with Crippen molar-refractivity contribution >= 4 is 15.7 Å². The van der Waals surface area contributed by atoms with Gasteiger partial charge in [-0.2, -0.15) is 0 Å². The Morgan fingerprint density at radius 1 is 1.27 bits per heavy atom. The quantitative estimate of drug-likeness (QED) is 0.906. The summed E-state index contributed by atoms with van der Waals surface area (Å²) in [5, 5.41) is 4.20. The van der Waals surface area contributed by atoms with Gasteiger partial charge in [-0.15, -0.1) is 0 Å². The molecule has 0 saturated heterocycles. The summed E-state index contributed by atoms with van der Waals surface area (Å²) in [7, 11) is -3.11. The van der Waals surface area contributed by atoms with Crippen molar-refractivity contribution in [1.29, 1.82) is 0 Å². The van der Waals surface area contributed by atoms with E-state index in [0.29, 0.717) is 0 Å². The number of nitrogens with one attached hydrogen (secondary N) is 1. The molecule has 1 amide bonds. The lowest BCUT2D eigenvalue weighted by Crippen LogP contribution is -2.41. The van der Waals surface area contributed by atoms with Crippen molar-refractivity contribution in [2.24, 2.45) is 5.92 Å². The highest BCUT2D eigenvalue weighted by Gasteiger charge is 2.27. The normalized spacial score (nSPS) is 20.0. The van der Waals surface area contributed by atoms with Gasteiger partial charge in [-0.05, 0) is 31.4 Å². The van der Waals surface area contributed by atoms with Crippen molar-refractivity contribution in [3.05, 3.63) is 46.9 Å². The van der Waals surface area contributed by atoms with Gasteiger partial charge in [-0.1, -0.05) is 37.3 Å². The zero-order valence-corrected chi connectivity index (χ0v) is 14.1. The van der Waals surface area contributed by atoms with E-state index >= 15 is 0 Å². The van der Waals surface area contributed by atoms with E-state index < -0.39 is 15.4 Å². The molecule has 1 aliphatic rings. The highest BCUT2D eigenvalue weighted by Crippen LogP contribution is 2.23. The number of allylic oxidation sites excluding steroid dienone is 1. The molecule has 4 nitrogen and oxygen atoms in total. The lowest BCUT2D eigenvalue weighted by Gasteiger charge is -2.27. The molecule has 1 unspecified atom stereocenters. The van der Waals surface area contributed by atoms with Gasteiger partial charge in [0.2, 0.25) is 5.91 Å². The Kier molecular flexibility index (Phi) is 4.75. The molecule has 0 aliphatic carbocycles. The van der Waals surface area contributed by atoms with Gasteiger partial charge in [0.05, 0.1) is 11.3 Å². The molecule has 1 heterocycles. The summed E-state index contributed by atoms with van der Waals surface area (Å²) < 4.78 is 22.7. The number of aryl methyl sites for hydroxylation is 1. The molecule has 22 heavy (non-hydrogen) atoms. The maximum Gasteiger partial charge on any atom is 0.221 e. The van der Waals surface area contributed by atoms with Crippen LogP contribution in [-0.4, -0.2) is 20.1 Å².